The molecule has 0 spiro atoms. The molecule has 0 amide bonds. The Balaban J connectivity index is 2.22. The molecule has 0 N–H and O–H groups in total. The van der Waals surface area contributed by atoms with Crippen LogP contribution in [0.4, 0.5) is 0 Å². The molecule has 0 heterocycles. The van der Waals surface area contributed by atoms with Gasteiger partial charge in [0.05, 0.1) is 0 Å². The summed E-state index contributed by atoms with van der Waals surface area (Å²) in [6.07, 6.45) is 0.823. The molecule has 3 rings (SSSR count). The van der Waals surface area contributed by atoms with E-state index in [9.17, 15) is 4.79 Å². The van der Waals surface area contributed by atoms with Crippen molar-refractivity contribution in [3.8, 4) is 0 Å². The van der Waals surface area contributed by atoms with E-state index in [1.807, 2.05) is 18.2 Å². The minimum absolute atomic E-state index is 0.425. The van der Waals surface area contributed by atoms with Gasteiger partial charge in [-0.15, -0.1) is 0 Å². The monoisotopic (exact) mass is 336 g/mol. The fourth-order valence-corrected chi connectivity index (χ4v) is 7.94. The Labute approximate surface area is 143 Å². The molecule has 122 valence electrons. The number of rotatable bonds is 7. The first-order valence-corrected chi connectivity index (χ1v) is 10.3. The zero-order valence-corrected chi connectivity index (χ0v) is 14.5. The predicted octanol–water partition coefficient (Wildman–Crippen LogP) is 2.89. The second-order valence-corrected chi connectivity index (χ2v) is 9.76. The van der Waals surface area contributed by atoms with Crippen molar-refractivity contribution in [2.24, 2.45) is 0 Å². The van der Waals surface area contributed by atoms with Crippen LogP contribution >= 0.6 is 7.26 Å². The van der Waals surface area contributed by atoms with Gasteiger partial charge >= 0.3 is 143 Å². The summed E-state index contributed by atoms with van der Waals surface area (Å²) < 4.78 is 5.11. The maximum absolute atomic E-state index is 10.7. The Morgan fingerprint density at radius 2 is 1.04 bits per heavy atom. The molecule has 0 aliphatic heterocycles. The minimum atomic E-state index is -2.24. The van der Waals surface area contributed by atoms with Crippen LogP contribution in [-0.2, 0) is 9.53 Å². The summed E-state index contributed by atoms with van der Waals surface area (Å²) in [5, 5.41) is 3.99. The molecule has 0 unspecified atom stereocenters. The van der Waals surface area contributed by atoms with Crippen molar-refractivity contribution in [3.05, 3.63) is 91.0 Å². The molecule has 3 aromatic carbocycles. The van der Waals surface area contributed by atoms with E-state index in [-0.39, 0.29) is 0 Å². The fraction of sp³-hybridized carbons (Fsp3) is 0.0952. The first-order chi connectivity index (χ1) is 11.9. The SMILES string of the molecule is O=COCC[PH](c1ccccc1)(c1ccccc1)c1ccccc1. The normalized spacial score (nSPS) is 11.7. The summed E-state index contributed by atoms with van der Waals surface area (Å²) in [4.78, 5) is 10.7. The van der Waals surface area contributed by atoms with Gasteiger partial charge in [0.2, 0.25) is 0 Å². The van der Waals surface area contributed by atoms with Crippen molar-refractivity contribution < 1.29 is 9.53 Å². The van der Waals surface area contributed by atoms with Crippen LogP contribution in [0.1, 0.15) is 0 Å². The summed E-state index contributed by atoms with van der Waals surface area (Å²) in [5.74, 6) is 0. The molecule has 0 bridgehead atoms. The van der Waals surface area contributed by atoms with E-state index < -0.39 is 7.26 Å². The van der Waals surface area contributed by atoms with Crippen LogP contribution < -0.4 is 15.9 Å². The van der Waals surface area contributed by atoms with E-state index >= 15 is 0 Å². The van der Waals surface area contributed by atoms with E-state index in [0.29, 0.717) is 13.1 Å². The number of ether oxygens (including phenoxy) is 1. The Morgan fingerprint density at radius 1 is 0.667 bits per heavy atom. The molecule has 0 radical (unpaired) electrons. The van der Waals surface area contributed by atoms with Gasteiger partial charge in [-0.25, -0.2) is 0 Å². The molecular formula is C21H21O2P. The van der Waals surface area contributed by atoms with E-state index in [1.165, 1.54) is 15.9 Å². The standard InChI is InChI=1S/C21H21O2P/c22-18-23-16-17-24(19-10-4-1-5-11-19,20-12-6-2-7-13-20)21-14-8-3-9-15-21/h1-15,18,24H,16-17H2. The van der Waals surface area contributed by atoms with Gasteiger partial charge in [0, 0.05) is 0 Å². The zero-order valence-electron chi connectivity index (χ0n) is 13.5. The number of hydrogen-bond donors (Lipinski definition) is 0. The van der Waals surface area contributed by atoms with E-state index in [2.05, 4.69) is 72.8 Å². The molecule has 0 aliphatic carbocycles. The van der Waals surface area contributed by atoms with Crippen molar-refractivity contribution in [2.75, 3.05) is 12.8 Å². The summed E-state index contributed by atoms with van der Waals surface area (Å²) in [7, 11) is -2.24. The van der Waals surface area contributed by atoms with Crippen LogP contribution in [0.15, 0.2) is 91.0 Å². The van der Waals surface area contributed by atoms with Crippen LogP contribution in [0.2, 0.25) is 0 Å². The maximum atomic E-state index is 10.7. The summed E-state index contributed by atoms with van der Waals surface area (Å²) in [6, 6.07) is 31.9. The van der Waals surface area contributed by atoms with E-state index in [1.54, 1.807) is 0 Å². The quantitative estimate of drug-likeness (QED) is 0.377. The molecule has 0 aromatic heterocycles. The van der Waals surface area contributed by atoms with Gasteiger partial charge in [-0.1, -0.05) is 0 Å². The van der Waals surface area contributed by atoms with Crippen LogP contribution in [-0.4, -0.2) is 19.2 Å². The summed E-state index contributed by atoms with van der Waals surface area (Å²) in [6.45, 7) is 0.967. The van der Waals surface area contributed by atoms with Gasteiger partial charge < -0.3 is 0 Å². The Hall–Kier alpha value is -2.44. The average molecular weight is 336 g/mol. The third-order valence-electron chi connectivity index (χ3n) is 4.46. The molecule has 2 nitrogen and oxygen atoms in total. The van der Waals surface area contributed by atoms with Crippen LogP contribution in [0, 0.1) is 0 Å². The van der Waals surface area contributed by atoms with Crippen molar-refractivity contribution in [3.63, 3.8) is 0 Å². The van der Waals surface area contributed by atoms with Crippen molar-refractivity contribution in [1.29, 1.82) is 0 Å². The average Bonchev–Trinajstić information content (AvgIpc) is 2.68. The topological polar surface area (TPSA) is 26.3 Å². The van der Waals surface area contributed by atoms with Crippen molar-refractivity contribution >= 4 is 29.6 Å². The second-order valence-electron chi connectivity index (χ2n) is 5.72. The Kier molecular flexibility index (Phi) is 5.40. The number of carbonyl (C=O) groups excluding carboxylic acids is 1. The van der Waals surface area contributed by atoms with E-state index in [4.69, 9.17) is 4.74 Å². The van der Waals surface area contributed by atoms with Gasteiger partial charge in [-0.3, -0.25) is 0 Å². The van der Waals surface area contributed by atoms with Gasteiger partial charge in [0.15, 0.2) is 0 Å². The zero-order chi connectivity index (χ0) is 16.7. The second kappa shape index (κ2) is 7.90. The summed E-state index contributed by atoms with van der Waals surface area (Å²) in [5.41, 5.74) is 0. The Morgan fingerprint density at radius 3 is 1.38 bits per heavy atom. The van der Waals surface area contributed by atoms with Gasteiger partial charge in [-0.05, 0) is 0 Å². The molecule has 24 heavy (non-hydrogen) atoms. The third kappa shape index (κ3) is 3.25. The van der Waals surface area contributed by atoms with Crippen LogP contribution in [0.3, 0.4) is 0 Å². The molecular weight excluding hydrogens is 315 g/mol. The number of carbonyl (C=O) groups is 1. The molecule has 3 aromatic rings. The number of hydrogen-bond acceptors (Lipinski definition) is 2. The third-order valence-corrected chi connectivity index (χ3v) is 9.37. The molecule has 0 saturated carbocycles. The van der Waals surface area contributed by atoms with Gasteiger partial charge in [0.1, 0.15) is 0 Å². The molecule has 0 fully saturated rings. The van der Waals surface area contributed by atoms with Crippen molar-refractivity contribution in [1.82, 2.24) is 0 Å². The van der Waals surface area contributed by atoms with Crippen LogP contribution in [0.5, 0.6) is 0 Å². The fourth-order valence-electron chi connectivity index (χ4n) is 3.36. The molecule has 0 aliphatic rings. The first kappa shape index (κ1) is 16.4. The predicted molar refractivity (Wildman–Crippen MR) is 103 cm³/mol. The molecule has 0 saturated heterocycles. The first-order valence-electron chi connectivity index (χ1n) is 8.10. The Bertz CT molecular complexity index is 661. The summed E-state index contributed by atoms with van der Waals surface area (Å²) >= 11 is 0. The van der Waals surface area contributed by atoms with Gasteiger partial charge in [-0.2, -0.15) is 0 Å². The van der Waals surface area contributed by atoms with E-state index in [0.717, 1.165) is 6.16 Å². The molecule has 3 heteroatoms. The van der Waals surface area contributed by atoms with Crippen molar-refractivity contribution in [2.45, 2.75) is 0 Å². The van der Waals surface area contributed by atoms with Gasteiger partial charge in [0.25, 0.3) is 0 Å². The number of benzene rings is 3. The molecule has 0 atom stereocenters. The van der Waals surface area contributed by atoms with Crippen LogP contribution in [0.25, 0.3) is 0 Å².